The van der Waals surface area contributed by atoms with Crippen LogP contribution in [0.3, 0.4) is 0 Å². The number of fused-ring (bicyclic) bond motifs is 3. The summed E-state index contributed by atoms with van der Waals surface area (Å²) in [6, 6.07) is 13.3. The van der Waals surface area contributed by atoms with Gasteiger partial charge in [-0.15, -0.1) is 0 Å². The quantitative estimate of drug-likeness (QED) is 0.767. The van der Waals surface area contributed by atoms with Crippen molar-refractivity contribution in [3.63, 3.8) is 0 Å². The van der Waals surface area contributed by atoms with Gasteiger partial charge >= 0.3 is 6.18 Å². The topological polar surface area (TPSA) is 15.6 Å². The zero-order chi connectivity index (χ0) is 16.0. The minimum absolute atomic E-state index is 0.559. The van der Waals surface area contributed by atoms with Gasteiger partial charge in [0.2, 0.25) is 0 Å². The Morgan fingerprint density at radius 3 is 2.65 bits per heavy atom. The number of aliphatic imine (C=N–C) groups is 1. The SMILES string of the molecule is FC(F)(F)c1cccc(C2=Cc3ccccc3C3=NCCN23)c1. The van der Waals surface area contributed by atoms with Crippen molar-refractivity contribution < 1.29 is 13.2 Å². The van der Waals surface area contributed by atoms with Crippen molar-refractivity contribution in [3.8, 4) is 0 Å². The van der Waals surface area contributed by atoms with Crippen molar-refractivity contribution in [3.05, 3.63) is 70.8 Å². The van der Waals surface area contributed by atoms with Gasteiger partial charge in [-0.05, 0) is 29.3 Å². The lowest BCUT2D eigenvalue weighted by Gasteiger charge is -2.29. The van der Waals surface area contributed by atoms with Crippen LogP contribution in [-0.2, 0) is 6.18 Å². The van der Waals surface area contributed by atoms with Crippen LogP contribution in [0.25, 0.3) is 11.8 Å². The highest BCUT2D eigenvalue weighted by Gasteiger charge is 2.32. The van der Waals surface area contributed by atoms with E-state index in [1.807, 2.05) is 35.2 Å². The van der Waals surface area contributed by atoms with Crippen molar-refractivity contribution in [2.75, 3.05) is 13.1 Å². The summed E-state index contributed by atoms with van der Waals surface area (Å²) >= 11 is 0. The van der Waals surface area contributed by atoms with Crippen molar-refractivity contribution in [1.82, 2.24) is 4.90 Å². The average Bonchev–Trinajstić information content (AvgIpc) is 3.03. The molecular weight excluding hydrogens is 301 g/mol. The summed E-state index contributed by atoms with van der Waals surface area (Å²) in [6.07, 6.45) is -2.40. The van der Waals surface area contributed by atoms with Gasteiger partial charge in [0, 0.05) is 12.1 Å². The van der Waals surface area contributed by atoms with Gasteiger partial charge in [-0.1, -0.05) is 36.4 Å². The molecular formula is C18H13F3N2. The van der Waals surface area contributed by atoms with E-state index < -0.39 is 11.7 Å². The van der Waals surface area contributed by atoms with Crippen LogP contribution < -0.4 is 0 Å². The summed E-state index contributed by atoms with van der Waals surface area (Å²) in [7, 11) is 0. The van der Waals surface area contributed by atoms with E-state index in [0.29, 0.717) is 18.7 Å². The summed E-state index contributed by atoms with van der Waals surface area (Å²) in [4.78, 5) is 6.52. The number of amidine groups is 1. The Balaban J connectivity index is 1.87. The number of nitrogens with zero attached hydrogens (tertiary/aromatic N) is 2. The molecule has 0 unspecified atom stereocenters. The monoisotopic (exact) mass is 314 g/mol. The van der Waals surface area contributed by atoms with Gasteiger partial charge in [0.25, 0.3) is 0 Å². The average molecular weight is 314 g/mol. The summed E-state index contributed by atoms with van der Waals surface area (Å²) in [6.45, 7) is 1.34. The summed E-state index contributed by atoms with van der Waals surface area (Å²) < 4.78 is 39.0. The van der Waals surface area contributed by atoms with E-state index in [1.165, 1.54) is 12.1 Å². The maximum Gasteiger partial charge on any atom is 0.416 e. The van der Waals surface area contributed by atoms with Gasteiger partial charge in [-0.25, -0.2) is 0 Å². The first-order valence-electron chi connectivity index (χ1n) is 7.35. The lowest BCUT2D eigenvalue weighted by molar-refractivity contribution is -0.137. The van der Waals surface area contributed by atoms with E-state index in [4.69, 9.17) is 0 Å². The predicted molar refractivity (Wildman–Crippen MR) is 83.9 cm³/mol. The smallest absolute Gasteiger partial charge is 0.324 e. The molecule has 2 aliphatic rings. The van der Waals surface area contributed by atoms with Crippen LogP contribution in [0.4, 0.5) is 13.2 Å². The molecule has 5 heteroatoms. The Labute approximate surface area is 131 Å². The molecule has 0 aromatic heterocycles. The number of benzene rings is 2. The number of hydrogen-bond acceptors (Lipinski definition) is 2. The molecule has 23 heavy (non-hydrogen) atoms. The van der Waals surface area contributed by atoms with Crippen molar-refractivity contribution in [1.29, 1.82) is 0 Å². The Bertz CT molecular complexity index is 834. The molecule has 116 valence electrons. The molecule has 0 N–H and O–H groups in total. The largest absolute Gasteiger partial charge is 0.416 e. The molecule has 0 fully saturated rings. The van der Waals surface area contributed by atoms with E-state index in [0.717, 1.165) is 28.7 Å². The highest BCUT2D eigenvalue weighted by Crippen LogP contribution is 2.36. The number of alkyl halides is 3. The van der Waals surface area contributed by atoms with Gasteiger partial charge in [0.15, 0.2) is 0 Å². The Morgan fingerprint density at radius 1 is 1.00 bits per heavy atom. The van der Waals surface area contributed by atoms with Gasteiger partial charge in [-0.2, -0.15) is 13.2 Å². The highest BCUT2D eigenvalue weighted by molar-refractivity contribution is 6.12. The molecule has 0 atom stereocenters. The molecule has 2 heterocycles. The molecule has 2 nitrogen and oxygen atoms in total. The molecule has 4 rings (SSSR count). The third-order valence-electron chi connectivity index (χ3n) is 4.11. The lowest BCUT2D eigenvalue weighted by atomic mass is 9.96. The lowest BCUT2D eigenvalue weighted by Crippen LogP contribution is -2.30. The highest BCUT2D eigenvalue weighted by atomic mass is 19.4. The van der Waals surface area contributed by atoms with Crippen LogP contribution in [0, 0.1) is 0 Å². The molecule has 0 saturated heterocycles. The van der Waals surface area contributed by atoms with E-state index in [1.54, 1.807) is 6.07 Å². The fourth-order valence-corrected chi connectivity index (χ4v) is 3.06. The van der Waals surface area contributed by atoms with Crippen molar-refractivity contribution >= 4 is 17.6 Å². The Kier molecular flexibility index (Phi) is 3.04. The number of hydrogen-bond donors (Lipinski definition) is 0. The molecule has 0 spiro atoms. The van der Waals surface area contributed by atoms with Gasteiger partial charge < -0.3 is 4.90 Å². The number of rotatable bonds is 1. The van der Waals surface area contributed by atoms with Crippen LogP contribution in [0.5, 0.6) is 0 Å². The molecule has 0 radical (unpaired) electrons. The second-order valence-electron chi connectivity index (χ2n) is 5.55. The molecule has 0 aliphatic carbocycles. The molecule has 2 aliphatic heterocycles. The first kappa shape index (κ1) is 14.1. The van der Waals surface area contributed by atoms with Crippen LogP contribution >= 0.6 is 0 Å². The van der Waals surface area contributed by atoms with E-state index >= 15 is 0 Å². The van der Waals surface area contributed by atoms with Crippen molar-refractivity contribution in [2.45, 2.75) is 6.18 Å². The zero-order valence-electron chi connectivity index (χ0n) is 12.1. The molecule has 2 aromatic rings. The minimum Gasteiger partial charge on any atom is -0.324 e. The van der Waals surface area contributed by atoms with E-state index in [9.17, 15) is 13.2 Å². The zero-order valence-corrected chi connectivity index (χ0v) is 12.1. The summed E-state index contributed by atoms with van der Waals surface area (Å²) in [5.41, 5.74) is 2.71. The maximum absolute atomic E-state index is 13.0. The van der Waals surface area contributed by atoms with E-state index in [2.05, 4.69) is 4.99 Å². The molecule has 0 bridgehead atoms. The first-order chi connectivity index (χ1) is 11.0. The Hall–Kier alpha value is -2.56. The number of halogens is 3. The van der Waals surface area contributed by atoms with Crippen molar-refractivity contribution in [2.24, 2.45) is 4.99 Å². The van der Waals surface area contributed by atoms with Crippen LogP contribution in [-0.4, -0.2) is 23.8 Å². The predicted octanol–water partition coefficient (Wildman–Crippen LogP) is 4.28. The minimum atomic E-state index is -4.34. The second kappa shape index (κ2) is 4.98. The van der Waals surface area contributed by atoms with Gasteiger partial charge in [0.1, 0.15) is 5.84 Å². The fraction of sp³-hybridized carbons (Fsp3) is 0.167. The van der Waals surface area contributed by atoms with Gasteiger partial charge in [-0.3, -0.25) is 4.99 Å². The fourth-order valence-electron chi connectivity index (χ4n) is 3.06. The van der Waals surface area contributed by atoms with Crippen LogP contribution in [0.1, 0.15) is 22.3 Å². The third kappa shape index (κ3) is 2.32. The molecule has 0 saturated carbocycles. The summed E-state index contributed by atoms with van der Waals surface area (Å²) in [5.74, 6) is 0.843. The van der Waals surface area contributed by atoms with Crippen LogP contribution in [0.15, 0.2) is 53.5 Å². The maximum atomic E-state index is 13.0. The second-order valence-corrected chi connectivity index (χ2v) is 5.55. The molecule has 2 aromatic carbocycles. The third-order valence-corrected chi connectivity index (χ3v) is 4.11. The normalized spacial score (nSPS) is 16.6. The Morgan fingerprint density at radius 2 is 1.83 bits per heavy atom. The standard InChI is InChI=1S/C18H13F3N2/c19-18(20,21)14-6-3-5-13(10-14)16-11-12-4-1-2-7-15(12)17-22-8-9-23(16)17/h1-7,10-11H,8-9H2. The van der Waals surface area contributed by atoms with E-state index in [-0.39, 0.29) is 0 Å². The molecule has 0 amide bonds. The first-order valence-corrected chi connectivity index (χ1v) is 7.35. The van der Waals surface area contributed by atoms with Crippen LogP contribution in [0.2, 0.25) is 0 Å². The van der Waals surface area contributed by atoms with Gasteiger partial charge in [0.05, 0.1) is 17.8 Å². The summed E-state index contributed by atoms with van der Waals surface area (Å²) in [5, 5.41) is 0.